The van der Waals surface area contributed by atoms with E-state index in [0.29, 0.717) is 23.8 Å². The third-order valence-electron chi connectivity index (χ3n) is 2.84. The first-order chi connectivity index (χ1) is 9.63. The standard InChI is InChI=1S/C14H13ClN4O/c1-18(9-4-8-16)13(20)7-6-11-14(15)17-12-5-2-3-10-19(11)12/h2-3,5-7,10H,4,9H2,1H3/b7-6+. The summed E-state index contributed by atoms with van der Waals surface area (Å²) in [4.78, 5) is 17.5. The van der Waals surface area contributed by atoms with E-state index in [1.54, 1.807) is 17.5 Å². The molecule has 0 aliphatic carbocycles. The van der Waals surface area contributed by atoms with Crippen molar-refractivity contribution in [3.63, 3.8) is 0 Å². The second-order valence-corrected chi connectivity index (χ2v) is 4.58. The Balaban J connectivity index is 2.20. The van der Waals surface area contributed by atoms with Crippen molar-refractivity contribution in [3.05, 3.63) is 41.3 Å². The number of hydrogen-bond donors (Lipinski definition) is 0. The minimum Gasteiger partial charge on any atom is -0.341 e. The van der Waals surface area contributed by atoms with Gasteiger partial charge in [-0.1, -0.05) is 17.7 Å². The molecule has 0 spiro atoms. The Hall–Kier alpha value is -2.32. The van der Waals surface area contributed by atoms with Crippen molar-refractivity contribution in [2.45, 2.75) is 6.42 Å². The average molecular weight is 289 g/mol. The topological polar surface area (TPSA) is 61.4 Å². The summed E-state index contributed by atoms with van der Waals surface area (Å²) in [5.41, 5.74) is 1.38. The monoisotopic (exact) mass is 288 g/mol. The van der Waals surface area contributed by atoms with Gasteiger partial charge in [0.2, 0.25) is 5.91 Å². The molecular formula is C14H13ClN4O. The summed E-state index contributed by atoms with van der Waals surface area (Å²) in [6.07, 6.45) is 5.21. The molecule has 0 saturated heterocycles. The lowest BCUT2D eigenvalue weighted by atomic mass is 10.3. The maximum absolute atomic E-state index is 11.8. The molecule has 2 aromatic rings. The number of likely N-dealkylation sites (N-methyl/N-ethyl adjacent to an activating group) is 1. The first kappa shape index (κ1) is 14.1. The van der Waals surface area contributed by atoms with Gasteiger partial charge < -0.3 is 4.90 Å². The van der Waals surface area contributed by atoms with Crippen LogP contribution in [0.5, 0.6) is 0 Å². The number of halogens is 1. The van der Waals surface area contributed by atoms with Crippen LogP contribution in [-0.2, 0) is 4.79 Å². The zero-order valence-electron chi connectivity index (χ0n) is 11.0. The second-order valence-electron chi connectivity index (χ2n) is 4.22. The van der Waals surface area contributed by atoms with Crippen LogP contribution in [0.15, 0.2) is 30.5 Å². The fourth-order valence-corrected chi connectivity index (χ4v) is 1.98. The Kier molecular flexibility index (Phi) is 4.38. The molecule has 0 aliphatic rings. The predicted molar refractivity (Wildman–Crippen MR) is 77.1 cm³/mol. The Morgan fingerprint density at radius 2 is 2.40 bits per heavy atom. The summed E-state index contributed by atoms with van der Waals surface area (Å²) in [5, 5.41) is 8.84. The van der Waals surface area contributed by atoms with Gasteiger partial charge in [-0.2, -0.15) is 5.26 Å². The van der Waals surface area contributed by atoms with Crippen molar-refractivity contribution in [2.75, 3.05) is 13.6 Å². The molecule has 0 fully saturated rings. The molecule has 20 heavy (non-hydrogen) atoms. The highest BCUT2D eigenvalue weighted by Crippen LogP contribution is 2.18. The summed E-state index contributed by atoms with van der Waals surface area (Å²) >= 11 is 6.06. The number of nitrogens with zero attached hydrogens (tertiary/aromatic N) is 4. The van der Waals surface area contributed by atoms with Gasteiger partial charge in [0, 0.05) is 25.9 Å². The van der Waals surface area contributed by atoms with E-state index in [2.05, 4.69) is 4.98 Å². The van der Waals surface area contributed by atoms with Crippen LogP contribution in [0.25, 0.3) is 11.7 Å². The number of carbonyl (C=O) groups is 1. The van der Waals surface area contributed by atoms with Gasteiger partial charge in [0.05, 0.1) is 18.2 Å². The Bertz CT molecular complexity index is 699. The van der Waals surface area contributed by atoms with Gasteiger partial charge in [-0.3, -0.25) is 9.20 Å². The quantitative estimate of drug-likeness (QED) is 0.812. The number of aromatic nitrogens is 2. The number of carbonyl (C=O) groups excluding carboxylic acids is 1. The molecule has 102 valence electrons. The number of hydrogen-bond acceptors (Lipinski definition) is 3. The molecule has 0 unspecified atom stereocenters. The average Bonchev–Trinajstić information content (AvgIpc) is 2.77. The van der Waals surface area contributed by atoms with Gasteiger partial charge in [0.25, 0.3) is 0 Å². The van der Waals surface area contributed by atoms with E-state index in [9.17, 15) is 4.79 Å². The lowest BCUT2D eigenvalue weighted by Gasteiger charge is -2.12. The fraction of sp³-hybridized carbons (Fsp3) is 0.214. The molecule has 0 saturated carbocycles. The number of rotatable bonds is 4. The molecule has 6 heteroatoms. The largest absolute Gasteiger partial charge is 0.341 e. The summed E-state index contributed by atoms with van der Waals surface area (Å²) in [6.45, 7) is 0.403. The molecule has 0 aromatic carbocycles. The maximum atomic E-state index is 11.8. The molecule has 0 radical (unpaired) electrons. The van der Waals surface area contributed by atoms with Crippen LogP contribution < -0.4 is 0 Å². The lowest BCUT2D eigenvalue weighted by Crippen LogP contribution is -2.25. The van der Waals surface area contributed by atoms with Gasteiger partial charge in [-0.05, 0) is 18.2 Å². The number of nitriles is 1. The molecule has 0 atom stereocenters. The van der Waals surface area contributed by atoms with Crippen molar-refractivity contribution < 1.29 is 4.79 Å². The third-order valence-corrected chi connectivity index (χ3v) is 3.12. The highest BCUT2D eigenvalue weighted by molar-refractivity contribution is 6.31. The van der Waals surface area contributed by atoms with Crippen LogP contribution >= 0.6 is 11.6 Å². The lowest BCUT2D eigenvalue weighted by molar-refractivity contribution is -0.124. The summed E-state index contributed by atoms with van der Waals surface area (Å²) in [7, 11) is 1.65. The third kappa shape index (κ3) is 2.98. The maximum Gasteiger partial charge on any atom is 0.246 e. The van der Waals surface area contributed by atoms with E-state index in [0.717, 1.165) is 5.65 Å². The van der Waals surface area contributed by atoms with Gasteiger partial charge in [0.15, 0.2) is 5.15 Å². The van der Waals surface area contributed by atoms with Gasteiger partial charge >= 0.3 is 0 Å². The van der Waals surface area contributed by atoms with Crippen LogP contribution in [-0.4, -0.2) is 33.8 Å². The number of imidazole rings is 1. The predicted octanol–water partition coefficient (Wildman–Crippen LogP) is 2.37. The summed E-state index contributed by atoms with van der Waals surface area (Å²) < 4.78 is 1.81. The minimum atomic E-state index is -0.179. The van der Waals surface area contributed by atoms with Crippen molar-refractivity contribution in [2.24, 2.45) is 0 Å². The van der Waals surface area contributed by atoms with E-state index >= 15 is 0 Å². The zero-order valence-corrected chi connectivity index (χ0v) is 11.7. The molecule has 5 nitrogen and oxygen atoms in total. The normalized spacial score (nSPS) is 10.8. The van der Waals surface area contributed by atoms with Gasteiger partial charge in [0.1, 0.15) is 5.65 Å². The van der Waals surface area contributed by atoms with Crippen LogP contribution in [0.2, 0.25) is 5.15 Å². The van der Waals surface area contributed by atoms with E-state index < -0.39 is 0 Å². The second kappa shape index (κ2) is 6.22. The fourth-order valence-electron chi connectivity index (χ4n) is 1.74. The van der Waals surface area contributed by atoms with E-state index in [1.807, 2.05) is 30.5 Å². The van der Waals surface area contributed by atoms with Crippen LogP contribution in [0.4, 0.5) is 0 Å². The Morgan fingerprint density at radius 3 is 3.15 bits per heavy atom. The van der Waals surface area contributed by atoms with E-state index in [1.165, 1.54) is 11.0 Å². The molecule has 1 amide bonds. The van der Waals surface area contributed by atoms with Crippen molar-refractivity contribution in [3.8, 4) is 6.07 Å². The molecule has 0 aliphatic heterocycles. The SMILES string of the molecule is CN(CCC#N)C(=O)/C=C/c1c(Cl)nc2ccccn12. The van der Waals surface area contributed by atoms with Crippen LogP contribution in [0.3, 0.4) is 0 Å². The first-order valence-electron chi connectivity index (χ1n) is 6.06. The van der Waals surface area contributed by atoms with Gasteiger partial charge in [-0.15, -0.1) is 0 Å². The van der Waals surface area contributed by atoms with Crippen LogP contribution in [0, 0.1) is 11.3 Å². The van der Waals surface area contributed by atoms with Crippen LogP contribution in [0.1, 0.15) is 12.1 Å². The first-order valence-corrected chi connectivity index (χ1v) is 6.44. The van der Waals surface area contributed by atoms with Gasteiger partial charge in [-0.25, -0.2) is 4.98 Å². The Morgan fingerprint density at radius 1 is 1.60 bits per heavy atom. The minimum absolute atomic E-state index is 0.179. The highest BCUT2D eigenvalue weighted by Gasteiger charge is 2.08. The molecular weight excluding hydrogens is 276 g/mol. The molecule has 2 aromatic heterocycles. The zero-order chi connectivity index (χ0) is 14.5. The summed E-state index contributed by atoms with van der Waals surface area (Å²) in [6, 6.07) is 7.57. The Labute approximate surface area is 121 Å². The van der Waals surface area contributed by atoms with Crippen molar-refractivity contribution >= 4 is 29.2 Å². The number of amides is 1. The van der Waals surface area contributed by atoms with Crippen molar-refractivity contribution in [1.29, 1.82) is 5.26 Å². The number of pyridine rings is 1. The number of fused-ring (bicyclic) bond motifs is 1. The van der Waals surface area contributed by atoms with E-state index in [4.69, 9.17) is 16.9 Å². The highest BCUT2D eigenvalue weighted by atomic mass is 35.5. The molecule has 2 heterocycles. The van der Waals surface area contributed by atoms with Crippen molar-refractivity contribution in [1.82, 2.24) is 14.3 Å². The van der Waals surface area contributed by atoms with E-state index in [-0.39, 0.29) is 5.91 Å². The smallest absolute Gasteiger partial charge is 0.246 e. The molecule has 0 N–H and O–H groups in total. The molecule has 0 bridgehead atoms. The molecule has 2 rings (SSSR count). The summed E-state index contributed by atoms with van der Waals surface area (Å²) in [5.74, 6) is -0.179.